The number of carbonyl (C=O) groups is 2. The summed E-state index contributed by atoms with van der Waals surface area (Å²) < 4.78 is 0. The molecule has 3 aromatic rings. The molecule has 8 heteroatoms. The van der Waals surface area contributed by atoms with Crippen LogP contribution in [0.3, 0.4) is 0 Å². The lowest BCUT2D eigenvalue weighted by Crippen LogP contribution is -2.16. The number of rotatable bonds is 4. The highest BCUT2D eigenvalue weighted by Crippen LogP contribution is 2.33. The van der Waals surface area contributed by atoms with Gasteiger partial charge in [0, 0.05) is 46.5 Å². The van der Waals surface area contributed by atoms with Gasteiger partial charge in [0.1, 0.15) is 5.76 Å². The van der Waals surface area contributed by atoms with Gasteiger partial charge >= 0.3 is 0 Å². The van der Waals surface area contributed by atoms with E-state index < -0.39 is 16.6 Å². The molecule has 8 nitrogen and oxygen atoms in total. The van der Waals surface area contributed by atoms with E-state index in [9.17, 15) is 24.8 Å². The largest absolute Gasteiger partial charge is 0.506 e. The third-order valence-electron chi connectivity index (χ3n) is 4.66. The molecule has 30 heavy (non-hydrogen) atoms. The number of aromatic nitrogens is 1. The fraction of sp³-hybridized carbons (Fsp3) is 0. The number of carbonyl (C=O) groups excluding carboxylic acids is 2. The second kappa shape index (κ2) is 7.51. The molecule has 146 valence electrons. The lowest BCUT2D eigenvalue weighted by molar-refractivity contribution is -0.384. The predicted molar refractivity (Wildman–Crippen MR) is 107 cm³/mol. The number of benzene rings is 2. The van der Waals surface area contributed by atoms with Crippen LogP contribution in [0.4, 0.5) is 5.69 Å². The van der Waals surface area contributed by atoms with Crippen molar-refractivity contribution in [3.8, 4) is 0 Å². The molecule has 0 aliphatic heterocycles. The first-order valence-corrected chi connectivity index (χ1v) is 8.89. The smallest absolute Gasteiger partial charge is 0.277 e. The number of aliphatic hydroxyl groups excluding tert-OH is 1. The van der Waals surface area contributed by atoms with Gasteiger partial charge in [0.05, 0.1) is 16.2 Å². The number of H-pyrrole nitrogens is 1. The van der Waals surface area contributed by atoms with Crippen molar-refractivity contribution < 1.29 is 24.6 Å². The van der Waals surface area contributed by atoms with Crippen molar-refractivity contribution in [3.63, 3.8) is 0 Å². The highest BCUT2D eigenvalue weighted by molar-refractivity contribution is 6.40. The number of ketones is 1. The van der Waals surface area contributed by atoms with Crippen LogP contribution in [0.25, 0.3) is 5.76 Å². The lowest BCUT2D eigenvalue weighted by atomic mass is 9.99. The van der Waals surface area contributed by atoms with Crippen LogP contribution >= 0.6 is 0 Å². The molecule has 1 amide bonds. The topological polar surface area (TPSA) is 124 Å². The van der Waals surface area contributed by atoms with Gasteiger partial charge in [0.15, 0.2) is 18.2 Å². The second-order valence-electron chi connectivity index (χ2n) is 6.46. The Labute approximate surface area is 170 Å². The van der Waals surface area contributed by atoms with E-state index in [-0.39, 0.29) is 28.3 Å². The van der Waals surface area contributed by atoms with Crippen molar-refractivity contribution >= 4 is 28.8 Å². The number of aliphatic imine (C=N–C) groups is 1. The first kappa shape index (κ1) is 18.9. The van der Waals surface area contributed by atoms with Crippen LogP contribution < -0.4 is 4.98 Å². The maximum atomic E-state index is 13.0. The Morgan fingerprint density at radius 3 is 2.17 bits per heavy atom. The Morgan fingerprint density at radius 1 is 0.933 bits per heavy atom. The fourth-order valence-electron chi connectivity index (χ4n) is 3.19. The Hall–Kier alpha value is -4.46. The number of hydrogen-bond acceptors (Lipinski definition) is 5. The number of amides is 1. The molecule has 0 radical (unpaired) electrons. The number of non-ortho nitro benzene ring substituents is 1. The molecule has 2 N–H and O–H groups in total. The highest BCUT2D eigenvalue weighted by atomic mass is 16.6. The molecule has 0 fully saturated rings. The molecule has 0 spiro atoms. The summed E-state index contributed by atoms with van der Waals surface area (Å²) in [4.78, 5) is 43.0. The summed E-state index contributed by atoms with van der Waals surface area (Å²) in [5.74, 6) is -1.39. The summed E-state index contributed by atoms with van der Waals surface area (Å²) in [5, 5.41) is 21.5. The van der Waals surface area contributed by atoms with E-state index in [4.69, 9.17) is 0 Å². The SMILES string of the molecule is O=C(N=C(C1=C(O)c2ccccc2C1=O)c1cc[nH+]cc1)c1ccc([N+](=O)[O-])cc1. The standard InChI is InChI=1S/C22H13N3O5/c26-20-16-3-1-2-4-17(16)21(27)18(20)19(13-9-11-23-12-10-13)24-22(28)14-5-7-15(8-6-14)25(29)30/h1-12,26H/p+1. The van der Waals surface area contributed by atoms with E-state index in [0.717, 1.165) is 0 Å². The van der Waals surface area contributed by atoms with Crippen LogP contribution in [0, 0.1) is 10.1 Å². The first-order valence-electron chi connectivity index (χ1n) is 8.89. The summed E-state index contributed by atoms with van der Waals surface area (Å²) in [7, 11) is 0. The lowest BCUT2D eigenvalue weighted by Gasteiger charge is -2.07. The second-order valence-corrected chi connectivity index (χ2v) is 6.46. The Kier molecular flexibility index (Phi) is 4.73. The Bertz CT molecular complexity index is 1250. The number of aromatic amines is 1. The van der Waals surface area contributed by atoms with Crippen LogP contribution in [-0.2, 0) is 0 Å². The van der Waals surface area contributed by atoms with Crippen LogP contribution in [0.1, 0.15) is 31.8 Å². The van der Waals surface area contributed by atoms with Crippen LogP contribution in [0.15, 0.2) is 83.6 Å². The van der Waals surface area contributed by atoms with Gasteiger partial charge in [-0.25, -0.2) is 9.98 Å². The number of aliphatic hydroxyl groups is 1. The van der Waals surface area contributed by atoms with Gasteiger partial charge in [0.25, 0.3) is 11.6 Å². The fourth-order valence-corrected chi connectivity index (χ4v) is 3.19. The van der Waals surface area contributed by atoms with Gasteiger partial charge in [-0.05, 0) is 12.1 Å². The van der Waals surface area contributed by atoms with Crippen LogP contribution in [0.5, 0.6) is 0 Å². The number of hydrogen-bond donors (Lipinski definition) is 1. The quantitative estimate of drug-likeness (QED) is 0.409. The van der Waals surface area contributed by atoms with Crippen LogP contribution in [0.2, 0.25) is 0 Å². The molecular formula is C22H14N3O5+. The van der Waals surface area contributed by atoms with Gasteiger partial charge in [-0.1, -0.05) is 24.3 Å². The number of Topliss-reactive ketones (excluding diaryl/α,β-unsaturated/α-hetero) is 1. The monoisotopic (exact) mass is 400 g/mol. The molecule has 0 saturated heterocycles. The zero-order chi connectivity index (χ0) is 21.3. The summed E-state index contributed by atoms with van der Waals surface area (Å²) in [6.07, 6.45) is 3.21. The molecule has 0 atom stereocenters. The third kappa shape index (κ3) is 3.26. The third-order valence-corrected chi connectivity index (χ3v) is 4.66. The molecular weight excluding hydrogens is 386 g/mol. The van der Waals surface area contributed by atoms with Gasteiger partial charge in [0.2, 0.25) is 0 Å². The van der Waals surface area contributed by atoms with Gasteiger partial charge < -0.3 is 5.11 Å². The zero-order valence-electron chi connectivity index (χ0n) is 15.4. The number of nitrogens with zero attached hydrogens (tertiary/aromatic N) is 2. The summed E-state index contributed by atoms with van der Waals surface area (Å²) in [5.41, 5.74) is 1.05. The van der Waals surface area contributed by atoms with Crippen molar-refractivity contribution in [2.24, 2.45) is 4.99 Å². The summed E-state index contributed by atoms with van der Waals surface area (Å²) >= 11 is 0. The van der Waals surface area contributed by atoms with E-state index in [0.29, 0.717) is 16.7 Å². The average Bonchev–Trinajstić information content (AvgIpc) is 3.03. The number of fused-ring (bicyclic) bond motifs is 1. The van der Waals surface area contributed by atoms with E-state index in [1.54, 1.807) is 48.8 Å². The van der Waals surface area contributed by atoms with Gasteiger partial charge in [-0.15, -0.1) is 0 Å². The van der Waals surface area contributed by atoms with Crippen molar-refractivity contribution in [3.05, 3.63) is 111 Å². The van der Waals surface area contributed by atoms with Crippen molar-refractivity contribution in [1.82, 2.24) is 0 Å². The molecule has 1 heterocycles. The molecule has 1 aliphatic rings. The first-order chi connectivity index (χ1) is 14.5. The molecule has 0 unspecified atom stereocenters. The number of nitro benzene ring substituents is 1. The van der Waals surface area contributed by atoms with E-state index in [1.807, 2.05) is 0 Å². The van der Waals surface area contributed by atoms with E-state index in [2.05, 4.69) is 9.98 Å². The zero-order valence-corrected chi connectivity index (χ0v) is 15.4. The molecule has 1 aliphatic carbocycles. The number of nitrogens with one attached hydrogen (secondary N) is 1. The molecule has 0 bridgehead atoms. The van der Waals surface area contributed by atoms with Crippen LogP contribution in [-0.4, -0.2) is 27.4 Å². The highest BCUT2D eigenvalue weighted by Gasteiger charge is 2.33. The van der Waals surface area contributed by atoms with E-state index >= 15 is 0 Å². The van der Waals surface area contributed by atoms with Crippen molar-refractivity contribution in [2.45, 2.75) is 0 Å². The minimum atomic E-state index is -0.697. The molecule has 2 aromatic carbocycles. The minimum Gasteiger partial charge on any atom is -0.506 e. The average molecular weight is 400 g/mol. The summed E-state index contributed by atoms with van der Waals surface area (Å²) in [6.45, 7) is 0. The van der Waals surface area contributed by atoms with Gasteiger partial charge in [-0.3, -0.25) is 19.7 Å². The normalized spacial score (nSPS) is 13.3. The Morgan fingerprint density at radius 2 is 1.57 bits per heavy atom. The Balaban J connectivity index is 1.83. The summed E-state index contributed by atoms with van der Waals surface area (Å²) in [6, 6.07) is 14.8. The molecule has 0 saturated carbocycles. The van der Waals surface area contributed by atoms with Crippen molar-refractivity contribution in [2.75, 3.05) is 0 Å². The number of pyridine rings is 1. The predicted octanol–water partition coefficient (Wildman–Crippen LogP) is 3.20. The molecule has 1 aromatic heterocycles. The maximum absolute atomic E-state index is 13.0. The number of nitro groups is 1. The van der Waals surface area contributed by atoms with Gasteiger partial charge in [-0.2, -0.15) is 0 Å². The maximum Gasteiger partial charge on any atom is 0.277 e. The van der Waals surface area contributed by atoms with E-state index in [1.165, 1.54) is 24.3 Å². The number of allylic oxidation sites excluding steroid dienone is 1. The molecule has 4 rings (SSSR count). The minimum absolute atomic E-state index is 0.0195. The van der Waals surface area contributed by atoms with Crippen molar-refractivity contribution in [1.29, 1.82) is 0 Å².